The van der Waals surface area contributed by atoms with Crippen LogP contribution in [0.15, 0.2) is 180 Å². The van der Waals surface area contributed by atoms with Crippen molar-refractivity contribution in [3.8, 4) is 5.69 Å². The number of aryl methyl sites for hydroxylation is 1. The van der Waals surface area contributed by atoms with Gasteiger partial charge in [0.25, 0.3) is 0 Å². The van der Waals surface area contributed by atoms with Crippen LogP contribution in [0.25, 0.3) is 27.8 Å². The molecule has 57 heavy (non-hydrogen) atoms. The number of tetrazole rings is 1. The van der Waals surface area contributed by atoms with E-state index in [1.807, 2.05) is 115 Å². The molecule has 1 aliphatic carbocycles. The number of thioether (sulfide) groups is 1. The van der Waals surface area contributed by atoms with Crippen molar-refractivity contribution in [1.29, 1.82) is 0 Å². The van der Waals surface area contributed by atoms with E-state index in [9.17, 15) is 0 Å². The lowest BCUT2D eigenvalue weighted by atomic mass is 10.2. The zero-order valence-electron chi connectivity index (χ0n) is 31.7. The molecule has 0 saturated heterocycles. The topological polar surface area (TPSA) is 105 Å². The summed E-state index contributed by atoms with van der Waals surface area (Å²) < 4.78 is 1.77. The minimum Gasteiger partial charge on any atom is -0.322 e. The highest BCUT2D eigenvalue weighted by Gasteiger charge is 2.33. The number of aromatic nitrogens is 8. The molecule has 3 aromatic heterocycles. The number of fused-ring (bicyclic) bond motifs is 3. The Labute approximate surface area is 336 Å². The third-order valence-corrected chi connectivity index (χ3v) is 10.8. The Hall–Kier alpha value is -6.92. The molecule has 1 aliphatic heterocycles. The molecule has 0 spiro atoms. The van der Waals surface area contributed by atoms with Crippen molar-refractivity contribution in [2.75, 3.05) is 34.3 Å². The van der Waals surface area contributed by atoms with Crippen LogP contribution in [0.4, 0.5) is 17.5 Å². The Balaban J connectivity index is 1.19. The van der Waals surface area contributed by atoms with Gasteiger partial charge in [-0.2, -0.15) is 4.68 Å². The maximum atomic E-state index is 5.05. The molecule has 0 saturated carbocycles. The van der Waals surface area contributed by atoms with Gasteiger partial charge < -0.3 is 14.7 Å². The first-order chi connectivity index (χ1) is 28.0. The zero-order valence-corrected chi connectivity index (χ0v) is 32.6. The van der Waals surface area contributed by atoms with Gasteiger partial charge in [0.2, 0.25) is 5.16 Å². The Kier molecular flexibility index (Phi) is 10.7. The van der Waals surface area contributed by atoms with Crippen LogP contribution in [0.3, 0.4) is 0 Å². The summed E-state index contributed by atoms with van der Waals surface area (Å²) in [5, 5.41) is 13.5. The first-order valence-electron chi connectivity index (χ1n) is 18.7. The maximum absolute atomic E-state index is 5.05. The van der Waals surface area contributed by atoms with Gasteiger partial charge in [-0.15, -0.1) is 24.8 Å². The highest BCUT2D eigenvalue weighted by atomic mass is 32.2. The fourth-order valence-corrected chi connectivity index (χ4v) is 8.08. The largest absolute Gasteiger partial charge is 0.322 e. The molecule has 0 radical (unpaired) electrons. The van der Waals surface area contributed by atoms with Crippen molar-refractivity contribution in [1.82, 2.24) is 40.1 Å². The van der Waals surface area contributed by atoms with Crippen LogP contribution in [0.2, 0.25) is 0 Å². The van der Waals surface area contributed by atoms with Crippen molar-refractivity contribution in [3.05, 3.63) is 181 Å². The molecule has 0 atom stereocenters. The standard InChI is InChI=1S/C45H41N11S/c1-6-28-53(42-32(5)46-36-18-12-13-19-37(36)47-42)31(4)22-23-33-24-25-34(41(33)57-45-50-51-52-56(45)35-16-10-9-11-17-35)26-27-40-54(29-7-2)43-44(55(40)30-8-3)49-39-21-15-14-20-38(39)48-43/h6-23,26-27H,1-4,24-25,28-30H2,5H3/b23-22+,34-26+. The number of para-hydroxylation sites is 5. The normalized spacial score (nSPS) is 14.6. The zero-order chi connectivity index (χ0) is 39.3. The van der Waals surface area contributed by atoms with Gasteiger partial charge in [-0.1, -0.05) is 79.4 Å². The van der Waals surface area contributed by atoms with Crippen molar-refractivity contribution < 1.29 is 0 Å². The smallest absolute Gasteiger partial charge is 0.218 e. The first kappa shape index (κ1) is 37.0. The van der Waals surface area contributed by atoms with Crippen LogP contribution in [0.1, 0.15) is 18.5 Å². The highest BCUT2D eigenvalue weighted by Crippen LogP contribution is 2.44. The lowest BCUT2D eigenvalue weighted by Gasteiger charge is -2.24. The predicted molar refractivity (Wildman–Crippen MR) is 232 cm³/mol. The third kappa shape index (κ3) is 7.42. The average molecular weight is 768 g/mol. The Morgan fingerprint density at radius 1 is 0.754 bits per heavy atom. The van der Waals surface area contributed by atoms with Crippen LogP contribution in [0, 0.1) is 6.92 Å². The molecule has 6 aromatic rings. The Morgan fingerprint density at radius 2 is 1.37 bits per heavy atom. The maximum Gasteiger partial charge on any atom is 0.218 e. The molecular weight excluding hydrogens is 727 g/mol. The van der Waals surface area contributed by atoms with Crippen LogP contribution >= 0.6 is 11.8 Å². The molecule has 11 nitrogen and oxygen atoms in total. The second kappa shape index (κ2) is 16.4. The van der Waals surface area contributed by atoms with Crippen LogP contribution < -0.4 is 14.7 Å². The summed E-state index contributed by atoms with van der Waals surface area (Å²) in [4.78, 5) is 27.3. The summed E-state index contributed by atoms with van der Waals surface area (Å²) in [6.45, 7) is 20.2. The molecule has 282 valence electrons. The first-order valence-corrected chi connectivity index (χ1v) is 19.5. The van der Waals surface area contributed by atoms with Gasteiger partial charge in [0.15, 0.2) is 17.5 Å². The minimum atomic E-state index is 0.520. The van der Waals surface area contributed by atoms with Crippen molar-refractivity contribution >= 4 is 51.3 Å². The molecule has 4 heterocycles. The third-order valence-electron chi connectivity index (χ3n) is 9.65. The van der Waals surface area contributed by atoms with Gasteiger partial charge >= 0.3 is 0 Å². The molecule has 2 aliphatic rings. The van der Waals surface area contributed by atoms with E-state index in [0.717, 1.165) is 91.3 Å². The second-order valence-corrected chi connectivity index (χ2v) is 14.4. The summed E-state index contributed by atoms with van der Waals surface area (Å²) >= 11 is 1.55. The number of allylic oxidation sites excluding steroid dienone is 6. The highest BCUT2D eigenvalue weighted by molar-refractivity contribution is 8.03. The van der Waals surface area contributed by atoms with Gasteiger partial charge in [-0.3, -0.25) is 0 Å². The van der Waals surface area contributed by atoms with E-state index in [4.69, 9.17) is 19.9 Å². The van der Waals surface area contributed by atoms with E-state index in [1.165, 1.54) is 0 Å². The van der Waals surface area contributed by atoms with Gasteiger partial charge in [0.05, 0.1) is 33.4 Å². The van der Waals surface area contributed by atoms with E-state index in [1.54, 1.807) is 16.4 Å². The molecule has 12 heteroatoms. The summed E-state index contributed by atoms with van der Waals surface area (Å²) in [5.41, 5.74) is 8.11. The second-order valence-electron chi connectivity index (χ2n) is 13.4. The van der Waals surface area contributed by atoms with Crippen LogP contribution in [-0.4, -0.2) is 59.8 Å². The van der Waals surface area contributed by atoms with Crippen molar-refractivity contribution in [3.63, 3.8) is 0 Å². The summed E-state index contributed by atoms with van der Waals surface area (Å²) in [7, 11) is 0. The molecule has 0 amide bonds. The SMILES string of the molecule is C=CCN(C(=C)/C=C/C1=C(Sc2nnnn2-c2ccccc2)C(=C/C=C2N(CC=C)c3nc4ccccc4nc3N2CC=C)/CC1)c1nc2ccccc2nc1C. The Bertz CT molecular complexity index is 2600. The average Bonchev–Trinajstić information content (AvgIpc) is 3.94. The lowest BCUT2D eigenvalue weighted by molar-refractivity contribution is 0.757. The minimum absolute atomic E-state index is 0.520. The summed E-state index contributed by atoms with van der Waals surface area (Å²) in [5.74, 6) is 3.26. The monoisotopic (exact) mass is 767 g/mol. The Morgan fingerprint density at radius 3 is 2.00 bits per heavy atom. The number of nitrogens with zero attached hydrogens (tertiary/aromatic N) is 11. The van der Waals surface area contributed by atoms with Gasteiger partial charge in [0.1, 0.15) is 5.82 Å². The van der Waals surface area contributed by atoms with E-state index in [0.29, 0.717) is 24.8 Å². The number of benzene rings is 3. The predicted octanol–water partition coefficient (Wildman–Crippen LogP) is 9.23. The van der Waals surface area contributed by atoms with E-state index in [2.05, 4.69) is 69.9 Å². The molecule has 0 fully saturated rings. The number of hydrogen-bond acceptors (Lipinski definition) is 11. The summed E-state index contributed by atoms with van der Waals surface area (Å²) in [6, 6.07) is 25.7. The number of anilines is 3. The van der Waals surface area contributed by atoms with Gasteiger partial charge in [-0.25, -0.2) is 19.9 Å². The van der Waals surface area contributed by atoms with E-state index in [-0.39, 0.29) is 0 Å². The number of hydrogen-bond donors (Lipinski definition) is 0. The van der Waals surface area contributed by atoms with Crippen LogP contribution in [-0.2, 0) is 0 Å². The fraction of sp³-hybridized carbons (Fsp3) is 0.133. The lowest BCUT2D eigenvalue weighted by Crippen LogP contribution is -2.28. The fourth-order valence-electron chi connectivity index (χ4n) is 6.99. The molecule has 3 aromatic carbocycles. The molecule has 0 unspecified atom stereocenters. The molecule has 8 rings (SSSR count). The number of rotatable bonds is 14. The quantitative estimate of drug-likeness (QED) is 0.0783. The van der Waals surface area contributed by atoms with E-state index >= 15 is 0 Å². The van der Waals surface area contributed by atoms with Crippen molar-refractivity contribution in [2.45, 2.75) is 24.9 Å². The summed E-state index contributed by atoms with van der Waals surface area (Å²) in [6.07, 6.45) is 15.8. The van der Waals surface area contributed by atoms with E-state index < -0.39 is 0 Å². The molecule has 0 bridgehead atoms. The van der Waals surface area contributed by atoms with Crippen molar-refractivity contribution in [2.24, 2.45) is 0 Å². The van der Waals surface area contributed by atoms with Gasteiger partial charge in [-0.05, 0) is 102 Å². The van der Waals surface area contributed by atoms with Gasteiger partial charge in [0, 0.05) is 30.2 Å². The molecule has 0 N–H and O–H groups in total. The molecular formula is C45H41N11S. The van der Waals surface area contributed by atoms with Crippen LogP contribution in [0.5, 0.6) is 0 Å².